The summed E-state index contributed by atoms with van der Waals surface area (Å²) in [6.07, 6.45) is 0.239. The van der Waals surface area contributed by atoms with Crippen LogP contribution in [0, 0.1) is 6.92 Å². The lowest BCUT2D eigenvalue weighted by Gasteiger charge is -2.19. The third-order valence-corrected chi connectivity index (χ3v) is 4.54. The van der Waals surface area contributed by atoms with Crippen LogP contribution in [0.4, 0.5) is 0 Å². The highest BCUT2D eigenvalue weighted by atomic mass is 35.5. The summed E-state index contributed by atoms with van der Waals surface area (Å²) in [7, 11) is -0.946. The number of hydrogen-bond donors (Lipinski definition) is 1. The number of fused-ring (bicyclic) bond motifs is 1. The number of aryl methyl sites for hydroxylation is 1. The maximum Gasteiger partial charge on any atom is 0.492 e. The number of benzene rings is 2. The Kier molecular flexibility index (Phi) is 4.09. The van der Waals surface area contributed by atoms with Crippen LogP contribution in [0.3, 0.4) is 0 Å². The molecule has 1 heterocycles. The molecule has 0 radical (unpaired) electrons. The molecule has 2 aromatic carbocycles. The quantitative estimate of drug-likeness (QED) is 0.696. The van der Waals surface area contributed by atoms with Crippen molar-refractivity contribution in [1.82, 2.24) is 0 Å². The highest BCUT2D eigenvalue weighted by molar-refractivity contribution is 6.62. The number of halogens is 1. The van der Waals surface area contributed by atoms with Gasteiger partial charge in [0, 0.05) is 12.0 Å². The highest BCUT2D eigenvalue weighted by Gasteiger charge is 2.40. The Morgan fingerprint density at radius 2 is 2.00 bits per heavy atom. The van der Waals surface area contributed by atoms with Gasteiger partial charge in [-0.25, -0.2) is 0 Å². The molecule has 0 aliphatic carbocycles. The number of rotatable bonds is 3. The lowest BCUT2D eigenvalue weighted by Crippen LogP contribution is -2.29. The van der Waals surface area contributed by atoms with Gasteiger partial charge in [0.25, 0.3) is 0 Å². The smallest absolute Gasteiger partial charge is 0.423 e. The molecule has 23 heavy (non-hydrogen) atoms. The van der Waals surface area contributed by atoms with Crippen molar-refractivity contribution >= 4 is 30.0 Å². The van der Waals surface area contributed by atoms with E-state index < -0.39 is 12.7 Å². The normalized spacial score (nSPS) is 15.6. The van der Waals surface area contributed by atoms with Crippen LogP contribution >= 0.6 is 11.6 Å². The third kappa shape index (κ3) is 3.07. The summed E-state index contributed by atoms with van der Waals surface area (Å²) in [6.45, 7) is 5.77. The van der Waals surface area contributed by atoms with Crippen LogP contribution in [-0.4, -0.2) is 17.9 Å². The molecule has 0 fully saturated rings. The first-order chi connectivity index (χ1) is 10.8. The second-order valence-electron chi connectivity index (χ2n) is 6.49. The number of carbonyl (C=O) groups is 1. The molecule has 2 aromatic rings. The summed E-state index contributed by atoms with van der Waals surface area (Å²) < 4.78 is 5.55. The van der Waals surface area contributed by atoms with Gasteiger partial charge in [-0.2, -0.15) is 0 Å². The maximum absolute atomic E-state index is 12.5. The first-order valence-corrected chi connectivity index (χ1v) is 7.94. The van der Waals surface area contributed by atoms with Crippen molar-refractivity contribution < 1.29 is 14.5 Å². The zero-order valence-electron chi connectivity index (χ0n) is 13.4. The summed E-state index contributed by atoms with van der Waals surface area (Å²) >= 11 is 6.16. The van der Waals surface area contributed by atoms with Crippen molar-refractivity contribution in [2.24, 2.45) is 0 Å². The molecular weight excluding hydrogens is 310 g/mol. The number of Topliss-reactive ketones (excluding diaryl/α,β-unsaturated/α-hetero) is 1. The molecule has 0 spiro atoms. The number of ketones is 1. The fraction of sp³-hybridized carbons (Fsp3) is 0.278. The Morgan fingerprint density at radius 3 is 2.70 bits per heavy atom. The van der Waals surface area contributed by atoms with E-state index in [0.717, 1.165) is 22.2 Å². The molecule has 3 rings (SSSR count). The molecule has 0 amide bonds. The standard InChI is InChI=1S/C18H18BClO3/c1-11-4-6-13(16(20)8-11)17(21)10-12-5-7-14-15(9-12)19(22)23-18(14,2)3/h4-9,22H,10H2,1-3H3. The van der Waals surface area contributed by atoms with Gasteiger partial charge in [-0.1, -0.05) is 35.9 Å². The van der Waals surface area contributed by atoms with Crippen molar-refractivity contribution in [3.63, 3.8) is 0 Å². The van der Waals surface area contributed by atoms with E-state index in [4.69, 9.17) is 16.3 Å². The first kappa shape index (κ1) is 16.3. The minimum atomic E-state index is -0.946. The van der Waals surface area contributed by atoms with Crippen LogP contribution in [0.5, 0.6) is 0 Å². The average Bonchev–Trinajstić information content (AvgIpc) is 2.68. The number of carbonyl (C=O) groups excluding carboxylic acids is 1. The molecule has 1 N–H and O–H groups in total. The molecule has 3 nitrogen and oxygen atoms in total. The third-order valence-electron chi connectivity index (χ3n) is 4.23. The lowest BCUT2D eigenvalue weighted by atomic mass is 9.77. The topological polar surface area (TPSA) is 46.5 Å². The van der Waals surface area contributed by atoms with Crippen molar-refractivity contribution in [3.8, 4) is 0 Å². The van der Waals surface area contributed by atoms with E-state index in [0.29, 0.717) is 10.6 Å². The van der Waals surface area contributed by atoms with Gasteiger partial charge in [0.05, 0.1) is 10.6 Å². The maximum atomic E-state index is 12.5. The fourth-order valence-corrected chi connectivity index (χ4v) is 3.35. The SMILES string of the molecule is Cc1ccc(C(=O)Cc2ccc3c(c2)B(O)OC3(C)C)c(Cl)c1. The van der Waals surface area contributed by atoms with Gasteiger partial charge in [-0.3, -0.25) is 4.79 Å². The molecule has 1 aliphatic rings. The Hall–Kier alpha value is -1.62. The molecular formula is C18H18BClO3. The zero-order chi connectivity index (χ0) is 16.8. The second kappa shape index (κ2) is 5.79. The average molecular weight is 329 g/mol. The van der Waals surface area contributed by atoms with Gasteiger partial charge in [0.1, 0.15) is 0 Å². The van der Waals surface area contributed by atoms with Crippen LogP contribution < -0.4 is 5.46 Å². The Bertz CT molecular complexity index is 786. The molecule has 0 unspecified atom stereocenters. The molecule has 0 bridgehead atoms. The molecule has 118 valence electrons. The number of hydrogen-bond acceptors (Lipinski definition) is 3. The summed E-state index contributed by atoms with van der Waals surface area (Å²) in [5.74, 6) is -0.0392. The monoisotopic (exact) mass is 328 g/mol. The molecule has 0 saturated carbocycles. The van der Waals surface area contributed by atoms with Gasteiger partial charge in [-0.15, -0.1) is 0 Å². The molecule has 0 atom stereocenters. The van der Waals surface area contributed by atoms with Crippen LogP contribution in [0.1, 0.15) is 40.9 Å². The van der Waals surface area contributed by atoms with E-state index in [2.05, 4.69) is 0 Å². The van der Waals surface area contributed by atoms with Gasteiger partial charge in [-0.05, 0) is 55.1 Å². The highest BCUT2D eigenvalue weighted by Crippen LogP contribution is 2.30. The predicted octanol–water partition coefficient (Wildman–Crippen LogP) is 3.03. The summed E-state index contributed by atoms with van der Waals surface area (Å²) in [5, 5.41) is 10.5. The largest absolute Gasteiger partial charge is 0.492 e. The van der Waals surface area contributed by atoms with Crippen molar-refractivity contribution in [1.29, 1.82) is 0 Å². The van der Waals surface area contributed by atoms with E-state index in [-0.39, 0.29) is 12.2 Å². The Labute approximate surface area is 141 Å². The predicted molar refractivity (Wildman–Crippen MR) is 92.4 cm³/mol. The van der Waals surface area contributed by atoms with Crippen LogP contribution in [0.25, 0.3) is 0 Å². The van der Waals surface area contributed by atoms with Crippen molar-refractivity contribution in [2.75, 3.05) is 0 Å². The van der Waals surface area contributed by atoms with E-state index >= 15 is 0 Å². The minimum Gasteiger partial charge on any atom is -0.423 e. The van der Waals surface area contributed by atoms with Crippen LogP contribution in [0.15, 0.2) is 36.4 Å². The van der Waals surface area contributed by atoms with Crippen LogP contribution in [0.2, 0.25) is 5.02 Å². The Balaban J connectivity index is 1.87. The lowest BCUT2D eigenvalue weighted by molar-refractivity contribution is 0.0991. The van der Waals surface area contributed by atoms with E-state index in [9.17, 15) is 9.82 Å². The van der Waals surface area contributed by atoms with E-state index in [1.807, 2.05) is 45.0 Å². The van der Waals surface area contributed by atoms with Gasteiger partial charge in [0.2, 0.25) is 0 Å². The van der Waals surface area contributed by atoms with Crippen LogP contribution in [-0.2, 0) is 16.7 Å². The van der Waals surface area contributed by atoms with Crippen molar-refractivity contribution in [2.45, 2.75) is 32.8 Å². The minimum absolute atomic E-state index is 0.0392. The first-order valence-electron chi connectivity index (χ1n) is 7.56. The second-order valence-corrected chi connectivity index (χ2v) is 6.89. The molecule has 0 saturated heterocycles. The molecule has 0 aromatic heterocycles. The summed E-state index contributed by atoms with van der Waals surface area (Å²) in [5.41, 5.74) is 3.55. The summed E-state index contributed by atoms with van der Waals surface area (Å²) in [4.78, 5) is 12.5. The van der Waals surface area contributed by atoms with Crippen molar-refractivity contribution in [3.05, 3.63) is 63.7 Å². The summed E-state index contributed by atoms with van der Waals surface area (Å²) in [6, 6.07) is 11.1. The zero-order valence-corrected chi connectivity index (χ0v) is 14.1. The van der Waals surface area contributed by atoms with E-state index in [1.165, 1.54) is 0 Å². The van der Waals surface area contributed by atoms with E-state index in [1.54, 1.807) is 12.1 Å². The van der Waals surface area contributed by atoms with Gasteiger partial charge >= 0.3 is 7.12 Å². The van der Waals surface area contributed by atoms with Gasteiger partial charge in [0.15, 0.2) is 5.78 Å². The Morgan fingerprint density at radius 1 is 1.26 bits per heavy atom. The van der Waals surface area contributed by atoms with Gasteiger partial charge < -0.3 is 9.68 Å². The molecule has 5 heteroatoms. The fourth-order valence-electron chi connectivity index (χ4n) is 3.01. The molecule has 1 aliphatic heterocycles.